The molecule has 0 aliphatic carbocycles. The molecule has 0 spiro atoms. The molecule has 35 heavy (non-hydrogen) atoms. The number of anilines is 1. The van der Waals surface area contributed by atoms with E-state index in [4.69, 9.17) is 14.7 Å². The molecule has 190 valence electrons. The molecule has 1 aliphatic heterocycles. The summed E-state index contributed by atoms with van der Waals surface area (Å²) in [6.07, 6.45) is 0.964. The topological polar surface area (TPSA) is 91.3 Å². The third kappa shape index (κ3) is 7.93. The van der Waals surface area contributed by atoms with E-state index in [9.17, 15) is 14.0 Å². The summed E-state index contributed by atoms with van der Waals surface area (Å²) in [5.41, 5.74) is 3.17. The van der Waals surface area contributed by atoms with Crippen LogP contribution in [0, 0.1) is 11.7 Å². The van der Waals surface area contributed by atoms with Crippen LogP contribution in [0.5, 0.6) is 5.75 Å². The number of rotatable bonds is 12. The number of piperazine rings is 1. The van der Waals surface area contributed by atoms with Crippen LogP contribution >= 0.6 is 0 Å². The number of nitrogens with one attached hydrogen (secondary N) is 1. The first-order valence-corrected chi connectivity index (χ1v) is 12.0. The van der Waals surface area contributed by atoms with E-state index in [1.807, 2.05) is 36.1 Å². The standard InChI is InChI=1S/C26H34FN3O5/c1-2-35-22-11-9-20(10-12-22)19-34-17-5-6-21(18-25(31)28-33)26(32)30-15-13-29(14-16-30)24-8-4-3-7-23(24)27/h3-4,7-12,21,33H,2,5-6,13-19H2,1H3,(H,28,31). The van der Waals surface area contributed by atoms with Gasteiger partial charge >= 0.3 is 0 Å². The fourth-order valence-electron chi connectivity index (χ4n) is 4.19. The first-order chi connectivity index (χ1) is 17.0. The largest absolute Gasteiger partial charge is 0.494 e. The van der Waals surface area contributed by atoms with Gasteiger partial charge in [0.1, 0.15) is 11.6 Å². The second kappa shape index (κ2) is 13.7. The third-order valence-corrected chi connectivity index (χ3v) is 6.03. The van der Waals surface area contributed by atoms with Crippen LogP contribution in [0.1, 0.15) is 31.7 Å². The Balaban J connectivity index is 1.46. The Morgan fingerprint density at radius 1 is 1.09 bits per heavy atom. The number of amides is 2. The Labute approximate surface area is 205 Å². The van der Waals surface area contributed by atoms with Crippen LogP contribution in [0.4, 0.5) is 10.1 Å². The van der Waals surface area contributed by atoms with Crippen molar-refractivity contribution in [1.29, 1.82) is 0 Å². The Bertz CT molecular complexity index is 948. The highest BCUT2D eigenvalue weighted by atomic mass is 19.1. The Hall–Kier alpha value is -3.17. The summed E-state index contributed by atoms with van der Waals surface area (Å²) in [7, 11) is 0. The summed E-state index contributed by atoms with van der Waals surface area (Å²) in [5.74, 6) is -0.752. The fourth-order valence-corrected chi connectivity index (χ4v) is 4.19. The van der Waals surface area contributed by atoms with Gasteiger partial charge in [-0.1, -0.05) is 24.3 Å². The van der Waals surface area contributed by atoms with Gasteiger partial charge in [0.25, 0.3) is 0 Å². The van der Waals surface area contributed by atoms with Gasteiger partial charge < -0.3 is 19.3 Å². The molecular weight excluding hydrogens is 453 g/mol. The van der Waals surface area contributed by atoms with E-state index in [1.54, 1.807) is 28.6 Å². The minimum absolute atomic E-state index is 0.0955. The molecule has 8 nitrogen and oxygen atoms in total. The summed E-state index contributed by atoms with van der Waals surface area (Å²) in [6, 6.07) is 14.3. The molecule has 2 aromatic rings. The van der Waals surface area contributed by atoms with Crippen molar-refractivity contribution in [1.82, 2.24) is 10.4 Å². The van der Waals surface area contributed by atoms with Crippen molar-refractivity contribution >= 4 is 17.5 Å². The molecule has 1 saturated heterocycles. The Morgan fingerprint density at radius 2 is 1.80 bits per heavy atom. The lowest BCUT2D eigenvalue weighted by Gasteiger charge is -2.37. The van der Waals surface area contributed by atoms with Gasteiger partial charge in [-0.2, -0.15) is 0 Å². The molecule has 1 heterocycles. The van der Waals surface area contributed by atoms with Gasteiger partial charge in [0.15, 0.2) is 0 Å². The molecule has 3 rings (SSSR count). The lowest BCUT2D eigenvalue weighted by molar-refractivity contribution is -0.141. The number of benzene rings is 2. The quantitative estimate of drug-likeness (QED) is 0.271. The molecule has 1 unspecified atom stereocenters. The van der Waals surface area contributed by atoms with Gasteiger partial charge in [-0.15, -0.1) is 0 Å². The first-order valence-electron chi connectivity index (χ1n) is 12.0. The zero-order valence-electron chi connectivity index (χ0n) is 20.1. The van der Waals surface area contributed by atoms with Gasteiger partial charge in [0.2, 0.25) is 11.8 Å². The second-order valence-corrected chi connectivity index (χ2v) is 8.47. The van der Waals surface area contributed by atoms with Crippen LogP contribution < -0.4 is 15.1 Å². The van der Waals surface area contributed by atoms with Crippen LogP contribution in [-0.2, 0) is 20.9 Å². The van der Waals surface area contributed by atoms with Crippen molar-refractivity contribution < 1.29 is 28.7 Å². The van der Waals surface area contributed by atoms with Crippen molar-refractivity contribution in [3.05, 3.63) is 59.9 Å². The molecule has 2 N–H and O–H groups in total. The number of carbonyl (C=O) groups is 2. The van der Waals surface area contributed by atoms with Crippen LogP contribution in [0.15, 0.2) is 48.5 Å². The summed E-state index contributed by atoms with van der Waals surface area (Å²) >= 11 is 0. The zero-order chi connectivity index (χ0) is 25.0. The van der Waals surface area contributed by atoms with Crippen LogP contribution in [0.25, 0.3) is 0 Å². The van der Waals surface area contributed by atoms with Gasteiger partial charge in [-0.3, -0.25) is 14.8 Å². The summed E-state index contributed by atoms with van der Waals surface area (Å²) in [5, 5.41) is 8.95. The highest BCUT2D eigenvalue weighted by Gasteiger charge is 2.29. The average Bonchev–Trinajstić information content (AvgIpc) is 2.89. The molecule has 2 aromatic carbocycles. The summed E-state index contributed by atoms with van der Waals surface area (Å²) in [4.78, 5) is 28.6. The third-order valence-electron chi connectivity index (χ3n) is 6.03. The van der Waals surface area contributed by atoms with E-state index in [1.165, 1.54) is 6.07 Å². The molecule has 2 amide bonds. The van der Waals surface area contributed by atoms with E-state index in [0.29, 0.717) is 64.5 Å². The van der Waals surface area contributed by atoms with E-state index < -0.39 is 11.8 Å². The number of hydrogen-bond acceptors (Lipinski definition) is 6. The molecule has 0 aromatic heterocycles. The lowest BCUT2D eigenvalue weighted by atomic mass is 9.97. The maximum absolute atomic E-state index is 14.1. The molecule has 0 bridgehead atoms. The Kier molecular flexibility index (Phi) is 10.3. The minimum atomic E-state index is -0.594. The van der Waals surface area contributed by atoms with Crippen molar-refractivity contribution in [2.45, 2.75) is 32.8 Å². The van der Waals surface area contributed by atoms with Crippen molar-refractivity contribution in [3.8, 4) is 5.75 Å². The molecule has 0 saturated carbocycles. The monoisotopic (exact) mass is 487 g/mol. The van der Waals surface area contributed by atoms with Gasteiger partial charge in [0.05, 0.1) is 18.9 Å². The second-order valence-electron chi connectivity index (χ2n) is 8.47. The maximum atomic E-state index is 14.1. The van der Waals surface area contributed by atoms with E-state index in [-0.39, 0.29) is 18.1 Å². The molecule has 1 aliphatic rings. The van der Waals surface area contributed by atoms with Gasteiger partial charge in [-0.05, 0) is 49.6 Å². The average molecular weight is 488 g/mol. The van der Waals surface area contributed by atoms with Crippen molar-refractivity contribution in [2.75, 3.05) is 44.3 Å². The number of para-hydroxylation sites is 1. The predicted octanol–water partition coefficient (Wildman–Crippen LogP) is 3.38. The fraction of sp³-hybridized carbons (Fsp3) is 0.462. The number of hydrogen-bond donors (Lipinski definition) is 2. The van der Waals surface area contributed by atoms with Crippen LogP contribution in [0.3, 0.4) is 0 Å². The van der Waals surface area contributed by atoms with E-state index >= 15 is 0 Å². The smallest absolute Gasteiger partial charge is 0.244 e. The number of ether oxygens (including phenoxy) is 2. The molecule has 0 radical (unpaired) electrons. The highest BCUT2D eigenvalue weighted by molar-refractivity contribution is 5.85. The van der Waals surface area contributed by atoms with Gasteiger partial charge in [0, 0.05) is 45.1 Å². The summed E-state index contributed by atoms with van der Waals surface area (Å²) < 4.78 is 25.3. The molecule has 1 atom stereocenters. The minimum Gasteiger partial charge on any atom is -0.494 e. The summed E-state index contributed by atoms with van der Waals surface area (Å²) in [6.45, 7) is 5.35. The zero-order valence-corrected chi connectivity index (χ0v) is 20.1. The number of halogens is 1. The number of nitrogens with zero attached hydrogens (tertiary/aromatic N) is 2. The van der Waals surface area contributed by atoms with E-state index in [0.717, 1.165) is 11.3 Å². The number of hydroxylamine groups is 1. The maximum Gasteiger partial charge on any atom is 0.244 e. The molecular formula is C26H34FN3O5. The first kappa shape index (κ1) is 26.4. The molecule has 1 fully saturated rings. The lowest BCUT2D eigenvalue weighted by Crippen LogP contribution is -2.51. The van der Waals surface area contributed by atoms with Crippen molar-refractivity contribution in [3.63, 3.8) is 0 Å². The van der Waals surface area contributed by atoms with E-state index in [2.05, 4.69) is 0 Å². The predicted molar refractivity (Wildman–Crippen MR) is 130 cm³/mol. The van der Waals surface area contributed by atoms with Crippen LogP contribution in [0.2, 0.25) is 0 Å². The molecule has 9 heteroatoms. The SMILES string of the molecule is CCOc1ccc(COCCCC(CC(=O)NO)C(=O)N2CCN(c3ccccc3F)CC2)cc1. The Morgan fingerprint density at radius 3 is 2.46 bits per heavy atom. The van der Waals surface area contributed by atoms with Crippen LogP contribution in [-0.4, -0.2) is 61.3 Å². The number of carbonyl (C=O) groups excluding carboxylic acids is 2. The normalized spacial score (nSPS) is 14.5. The van der Waals surface area contributed by atoms with Crippen molar-refractivity contribution in [2.24, 2.45) is 5.92 Å². The highest BCUT2D eigenvalue weighted by Crippen LogP contribution is 2.22. The van der Waals surface area contributed by atoms with Gasteiger partial charge in [-0.25, -0.2) is 9.87 Å².